The van der Waals surface area contributed by atoms with E-state index in [2.05, 4.69) is 0 Å². The summed E-state index contributed by atoms with van der Waals surface area (Å²) in [6, 6.07) is 0. The maximum absolute atomic E-state index is 11.9. The zero-order chi connectivity index (χ0) is 13.8. The zero-order valence-electron chi connectivity index (χ0n) is 11.7. The van der Waals surface area contributed by atoms with Crippen LogP contribution in [0.5, 0.6) is 0 Å². The Kier molecular flexibility index (Phi) is 5.14. The van der Waals surface area contributed by atoms with E-state index >= 15 is 0 Å². The minimum atomic E-state index is -0.516. The fourth-order valence-corrected chi connectivity index (χ4v) is 1.74. The Balaban J connectivity index is 2.53. The number of hydrogen-bond donors (Lipinski definition) is 0. The molecule has 1 amide bonds. The van der Waals surface area contributed by atoms with Crippen LogP contribution in [0.3, 0.4) is 0 Å². The molecule has 5 heteroatoms. The third-order valence-electron chi connectivity index (χ3n) is 2.57. The van der Waals surface area contributed by atoms with Gasteiger partial charge in [-0.1, -0.05) is 6.92 Å². The normalized spacial score (nSPS) is 20.7. The van der Waals surface area contributed by atoms with Gasteiger partial charge >= 0.3 is 6.09 Å². The van der Waals surface area contributed by atoms with Crippen LogP contribution in [0.25, 0.3) is 0 Å². The van der Waals surface area contributed by atoms with Gasteiger partial charge in [-0.05, 0) is 27.2 Å². The Hall–Kier alpha value is -1.10. The molecule has 1 saturated heterocycles. The van der Waals surface area contributed by atoms with Crippen LogP contribution in [0.4, 0.5) is 4.79 Å². The van der Waals surface area contributed by atoms with Crippen molar-refractivity contribution in [3.05, 3.63) is 0 Å². The average molecular weight is 257 g/mol. The number of Topliss-reactive ketones (excluding diaryl/α,β-unsaturated/α-hetero) is 1. The van der Waals surface area contributed by atoms with E-state index in [1.807, 2.05) is 27.7 Å². The molecule has 0 radical (unpaired) electrons. The van der Waals surface area contributed by atoms with Crippen LogP contribution in [-0.4, -0.2) is 48.2 Å². The van der Waals surface area contributed by atoms with Gasteiger partial charge in [0.15, 0.2) is 5.78 Å². The third kappa shape index (κ3) is 4.64. The largest absolute Gasteiger partial charge is 0.444 e. The van der Waals surface area contributed by atoms with E-state index in [1.54, 1.807) is 4.90 Å². The fraction of sp³-hybridized carbons (Fsp3) is 0.846. The molecular formula is C13H23NO4. The predicted octanol–water partition coefficient (Wildman–Crippen LogP) is 1.99. The number of carbonyl (C=O) groups is 2. The highest BCUT2D eigenvalue weighted by Gasteiger charge is 2.31. The van der Waals surface area contributed by atoms with Crippen molar-refractivity contribution in [2.45, 2.75) is 52.2 Å². The maximum atomic E-state index is 11.9. The number of morpholine rings is 1. The van der Waals surface area contributed by atoms with E-state index in [0.29, 0.717) is 26.1 Å². The summed E-state index contributed by atoms with van der Waals surface area (Å²) in [7, 11) is 0. The summed E-state index contributed by atoms with van der Waals surface area (Å²) in [4.78, 5) is 25.2. The summed E-state index contributed by atoms with van der Waals surface area (Å²) in [5.74, 6) is 0.0609. The lowest BCUT2D eigenvalue weighted by Crippen LogP contribution is -2.49. The molecule has 5 nitrogen and oxygen atoms in total. The molecule has 0 N–H and O–H groups in total. The van der Waals surface area contributed by atoms with Crippen molar-refractivity contribution in [3.63, 3.8) is 0 Å². The molecule has 1 fully saturated rings. The molecule has 0 saturated carbocycles. The molecular weight excluding hydrogens is 234 g/mol. The Morgan fingerprint density at radius 1 is 1.39 bits per heavy atom. The van der Waals surface area contributed by atoms with Crippen LogP contribution in [0, 0.1) is 0 Å². The summed E-state index contributed by atoms with van der Waals surface area (Å²) in [6.07, 6.45) is 0.420. The van der Waals surface area contributed by atoms with Crippen molar-refractivity contribution in [3.8, 4) is 0 Å². The van der Waals surface area contributed by atoms with Gasteiger partial charge in [0.25, 0.3) is 0 Å². The average Bonchev–Trinajstić information content (AvgIpc) is 2.27. The van der Waals surface area contributed by atoms with Crippen molar-refractivity contribution >= 4 is 11.9 Å². The van der Waals surface area contributed by atoms with E-state index in [4.69, 9.17) is 9.47 Å². The minimum Gasteiger partial charge on any atom is -0.444 e. The maximum Gasteiger partial charge on any atom is 0.410 e. The van der Waals surface area contributed by atoms with Crippen molar-refractivity contribution in [1.29, 1.82) is 0 Å². The number of amides is 1. The first-order chi connectivity index (χ1) is 8.33. The van der Waals surface area contributed by atoms with Gasteiger partial charge in [0, 0.05) is 13.0 Å². The Labute approximate surface area is 108 Å². The Morgan fingerprint density at radius 2 is 2.06 bits per heavy atom. The molecule has 18 heavy (non-hydrogen) atoms. The molecule has 0 bridgehead atoms. The SMILES string of the molecule is CCCC(=O)C1CN(C(=O)OC(C)(C)C)CCO1. The van der Waals surface area contributed by atoms with E-state index < -0.39 is 11.7 Å². The van der Waals surface area contributed by atoms with Crippen molar-refractivity contribution in [2.24, 2.45) is 0 Å². The van der Waals surface area contributed by atoms with Gasteiger partial charge in [-0.15, -0.1) is 0 Å². The Bertz CT molecular complexity index is 309. The summed E-state index contributed by atoms with van der Waals surface area (Å²) in [6.45, 7) is 8.59. The number of carbonyl (C=O) groups excluding carboxylic acids is 2. The first kappa shape index (κ1) is 15.0. The molecule has 1 heterocycles. The van der Waals surface area contributed by atoms with Gasteiger partial charge in [-0.2, -0.15) is 0 Å². The highest BCUT2D eigenvalue weighted by atomic mass is 16.6. The fourth-order valence-electron chi connectivity index (χ4n) is 1.74. The zero-order valence-corrected chi connectivity index (χ0v) is 11.7. The molecule has 1 aliphatic rings. The lowest BCUT2D eigenvalue weighted by molar-refractivity contribution is -0.135. The smallest absolute Gasteiger partial charge is 0.410 e. The van der Waals surface area contributed by atoms with E-state index in [1.165, 1.54) is 0 Å². The first-order valence-electron chi connectivity index (χ1n) is 6.45. The standard InChI is InChI=1S/C13H23NO4/c1-5-6-10(15)11-9-14(7-8-17-11)12(16)18-13(2,3)4/h11H,5-9H2,1-4H3. The molecule has 0 aliphatic carbocycles. The van der Waals surface area contributed by atoms with Crippen molar-refractivity contribution < 1.29 is 19.1 Å². The van der Waals surface area contributed by atoms with Gasteiger partial charge in [0.05, 0.1) is 13.2 Å². The van der Waals surface area contributed by atoms with Gasteiger partial charge in [-0.25, -0.2) is 4.79 Å². The second kappa shape index (κ2) is 6.18. The predicted molar refractivity (Wildman–Crippen MR) is 67.5 cm³/mol. The summed E-state index contributed by atoms with van der Waals surface area (Å²) >= 11 is 0. The first-order valence-corrected chi connectivity index (χ1v) is 6.45. The van der Waals surface area contributed by atoms with Gasteiger partial charge in [-0.3, -0.25) is 4.79 Å². The molecule has 0 aromatic rings. The Morgan fingerprint density at radius 3 is 2.61 bits per heavy atom. The topological polar surface area (TPSA) is 55.8 Å². The summed E-state index contributed by atoms with van der Waals surface area (Å²) < 4.78 is 10.7. The molecule has 1 rings (SSSR count). The lowest BCUT2D eigenvalue weighted by Gasteiger charge is -2.33. The quantitative estimate of drug-likeness (QED) is 0.776. The van der Waals surface area contributed by atoms with Crippen LogP contribution in [0.1, 0.15) is 40.5 Å². The number of rotatable bonds is 3. The van der Waals surface area contributed by atoms with E-state index in [9.17, 15) is 9.59 Å². The number of hydrogen-bond acceptors (Lipinski definition) is 4. The molecule has 0 spiro atoms. The lowest BCUT2D eigenvalue weighted by atomic mass is 10.1. The molecule has 0 aromatic carbocycles. The summed E-state index contributed by atoms with van der Waals surface area (Å²) in [5, 5.41) is 0. The number of ether oxygens (including phenoxy) is 2. The molecule has 0 aromatic heterocycles. The van der Waals surface area contributed by atoms with Crippen molar-refractivity contribution in [2.75, 3.05) is 19.7 Å². The molecule has 1 atom stereocenters. The minimum absolute atomic E-state index is 0.0609. The number of nitrogens with zero attached hydrogens (tertiary/aromatic N) is 1. The highest BCUT2D eigenvalue weighted by molar-refractivity contribution is 5.84. The number of ketones is 1. The molecule has 1 unspecified atom stereocenters. The van der Waals surface area contributed by atoms with E-state index in [0.717, 1.165) is 6.42 Å². The van der Waals surface area contributed by atoms with Crippen molar-refractivity contribution in [1.82, 2.24) is 4.90 Å². The van der Waals surface area contributed by atoms with E-state index in [-0.39, 0.29) is 11.9 Å². The van der Waals surface area contributed by atoms with Crippen LogP contribution < -0.4 is 0 Å². The second-order valence-corrected chi connectivity index (χ2v) is 5.50. The monoisotopic (exact) mass is 257 g/mol. The highest BCUT2D eigenvalue weighted by Crippen LogP contribution is 2.14. The molecule has 1 aliphatic heterocycles. The van der Waals surface area contributed by atoms with Gasteiger partial charge in [0.1, 0.15) is 11.7 Å². The van der Waals surface area contributed by atoms with Crippen LogP contribution >= 0.6 is 0 Å². The second-order valence-electron chi connectivity index (χ2n) is 5.50. The van der Waals surface area contributed by atoms with Crippen LogP contribution in [-0.2, 0) is 14.3 Å². The van der Waals surface area contributed by atoms with Crippen LogP contribution in [0.15, 0.2) is 0 Å². The van der Waals surface area contributed by atoms with Crippen LogP contribution in [0.2, 0.25) is 0 Å². The molecule has 104 valence electrons. The van der Waals surface area contributed by atoms with Gasteiger partial charge < -0.3 is 14.4 Å². The third-order valence-corrected chi connectivity index (χ3v) is 2.57. The summed E-state index contributed by atoms with van der Waals surface area (Å²) in [5.41, 5.74) is -0.516. The van der Waals surface area contributed by atoms with Gasteiger partial charge in [0.2, 0.25) is 0 Å².